The average molecular weight is 603 g/mol. The van der Waals surface area contributed by atoms with E-state index < -0.39 is 37.9 Å². The number of ether oxygens (including phenoxy) is 1. The van der Waals surface area contributed by atoms with E-state index >= 15 is 0 Å². The molecule has 218 valence electrons. The maximum atomic E-state index is 14.4. The van der Waals surface area contributed by atoms with Gasteiger partial charge in [0, 0.05) is 30.8 Å². The van der Waals surface area contributed by atoms with E-state index in [4.69, 9.17) is 4.74 Å². The number of benzene rings is 2. The first-order valence-electron chi connectivity index (χ1n) is 12.9. The second kappa shape index (κ2) is 10.3. The van der Waals surface area contributed by atoms with Gasteiger partial charge >= 0.3 is 6.18 Å². The molecule has 13 heteroatoms. The fourth-order valence-corrected chi connectivity index (χ4v) is 7.04. The molecule has 0 N–H and O–H groups in total. The highest BCUT2D eigenvalue weighted by molar-refractivity contribution is 7.89. The lowest BCUT2D eigenvalue weighted by atomic mass is 9.69. The summed E-state index contributed by atoms with van der Waals surface area (Å²) in [6.07, 6.45) is 0.803. The molecular weight excluding hydrogens is 579 g/mol. The van der Waals surface area contributed by atoms with Crippen LogP contribution in [0.3, 0.4) is 0 Å². The predicted octanol–water partition coefficient (Wildman–Crippen LogP) is 5.66. The second-order valence-electron chi connectivity index (χ2n) is 10.3. The van der Waals surface area contributed by atoms with Gasteiger partial charge in [-0.1, -0.05) is 11.6 Å². The lowest BCUT2D eigenvalue weighted by Gasteiger charge is -2.45. The minimum atomic E-state index is -4.96. The van der Waals surface area contributed by atoms with Gasteiger partial charge in [0.1, 0.15) is 18.2 Å². The number of pyridine rings is 1. The Kier molecular flexibility index (Phi) is 6.89. The molecule has 1 aliphatic carbocycles. The topological polar surface area (TPSA) is 77.3 Å². The SMILES string of the molecule is O=S(=O)(c1ccc(C(F)(F)F)c(F)c1)N1CCC2=Cc3c(cnn3-c3ccc(F)cc3)C[C@]2(COc2ccccn2)C1. The van der Waals surface area contributed by atoms with E-state index in [0.29, 0.717) is 30.1 Å². The summed E-state index contributed by atoms with van der Waals surface area (Å²) in [4.78, 5) is 3.62. The maximum absolute atomic E-state index is 14.4. The largest absolute Gasteiger partial charge is 0.477 e. The van der Waals surface area contributed by atoms with Gasteiger partial charge in [0.15, 0.2) is 0 Å². The van der Waals surface area contributed by atoms with Crippen molar-refractivity contribution < 1.29 is 35.1 Å². The van der Waals surface area contributed by atoms with Crippen molar-refractivity contribution in [1.29, 1.82) is 0 Å². The van der Waals surface area contributed by atoms with Gasteiger partial charge in [-0.15, -0.1) is 0 Å². The molecule has 42 heavy (non-hydrogen) atoms. The Morgan fingerprint density at radius 1 is 1.02 bits per heavy atom. The molecular formula is C29H23F5N4O3S. The van der Waals surface area contributed by atoms with Crippen LogP contribution in [-0.4, -0.2) is 47.2 Å². The molecule has 2 aliphatic rings. The van der Waals surface area contributed by atoms with Gasteiger partial charge in [-0.25, -0.2) is 26.9 Å². The van der Waals surface area contributed by atoms with Crippen LogP contribution in [0.15, 0.2) is 83.5 Å². The molecule has 6 rings (SSSR count). The van der Waals surface area contributed by atoms with Gasteiger partial charge in [0.25, 0.3) is 0 Å². The first kappa shape index (κ1) is 28.0. The van der Waals surface area contributed by atoms with Crippen LogP contribution in [-0.2, 0) is 22.6 Å². The van der Waals surface area contributed by atoms with E-state index in [-0.39, 0.29) is 31.9 Å². The number of sulfonamides is 1. The standard InChI is InChI=1S/C29H23F5N4O3S/c30-21-4-6-22(7-5-21)38-26-13-20-10-12-37(42(39,40)23-8-9-24(25(31)14-23)29(32,33)34)17-28(20,15-19(26)16-36-38)18-41-27-3-1-2-11-35-27/h1-9,11,13-14,16H,10,12,15,17-18H2/t28-/m1/s1. The van der Waals surface area contributed by atoms with Crippen molar-refractivity contribution in [3.63, 3.8) is 0 Å². The molecule has 4 aromatic rings. The zero-order valence-electron chi connectivity index (χ0n) is 21.9. The highest BCUT2D eigenvalue weighted by Crippen LogP contribution is 2.46. The molecule has 1 fully saturated rings. The fraction of sp³-hybridized carbons (Fsp3) is 0.241. The quantitative estimate of drug-likeness (QED) is 0.266. The van der Waals surface area contributed by atoms with E-state index in [0.717, 1.165) is 27.2 Å². The van der Waals surface area contributed by atoms with Crippen molar-refractivity contribution in [2.45, 2.75) is 23.9 Å². The first-order valence-corrected chi connectivity index (χ1v) is 14.3. The summed E-state index contributed by atoms with van der Waals surface area (Å²) in [7, 11) is -4.37. The normalized spacial score (nSPS) is 19.1. The van der Waals surface area contributed by atoms with Gasteiger partial charge in [0.05, 0.1) is 28.0 Å². The lowest BCUT2D eigenvalue weighted by Crippen LogP contribution is -2.52. The Bertz CT molecular complexity index is 1770. The molecule has 1 saturated heterocycles. The Morgan fingerprint density at radius 2 is 1.81 bits per heavy atom. The lowest BCUT2D eigenvalue weighted by molar-refractivity contribution is -0.140. The average Bonchev–Trinajstić information content (AvgIpc) is 3.37. The van der Waals surface area contributed by atoms with Crippen molar-refractivity contribution >= 4 is 16.1 Å². The fourth-order valence-electron chi connectivity index (χ4n) is 5.50. The molecule has 0 saturated carbocycles. The van der Waals surface area contributed by atoms with Crippen LogP contribution in [0.4, 0.5) is 22.0 Å². The van der Waals surface area contributed by atoms with Gasteiger partial charge < -0.3 is 4.74 Å². The highest BCUT2D eigenvalue weighted by atomic mass is 32.2. The maximum Gasteiger partial charge on any atom is 0.419 e. The molecule has 3 heterocycles. The molecule has 1 atom stereocenters. The third-order valence-corrected chi connectivity index (χ3v) is 9.45. The molecule has 2 aromatic carbocycles. The summed E-state index contributed by atoms with van der Waals surface area (Å²) in [5, 5.41) is 4.49. The minimum absolute atomic E-state index is 0.0160. The molecule has 0 unspecified atom stereocenters. The van der Waals surface area contributed by atoms with Crippen molar-refractivity contribution in [2.75, 3.05) is 19.7 Å². The first-order chi connectivity index (χ1) is 20.0. The molecule has 2 aromatic heterocycles. The molecule has 0 bridgehead atoms. The zero-order valence-corrected chi connectivity index (χ0v) is 22.7. The molecule has 7 nitrogen and oxygen atoms in total. The summed E-state index contributed by atoms with van der Waals surface area (Å²) < 4.78 is 103. The summed E-state index contributed by atoms with van der Waals surface area (Å²) in [5.74, 6) is -1.71. The van der Waals surface area contributed by atoms with Crippen molar-refractivity contribution in [3.8, 4) is 11.6 Å². The van der Waals surface area contributed by atoms with Crippen LogP contribution in [0.1, 0.15) is 23.2 Å². The number of hydrogen-bond acceptors (Lipinski definition) is 5. The Morgan fingerprint density at radius 3 is 2.50 bits per heavy atom. The monoisotopic (exact) mass is 602 g/mol. The second-order valence-corrected chi connectivity index (χ2v) is 12.2. The number of piperidine rings is 1. The van der Waals surface area contributed by atoms with Gasteiger partial charge in [-0.2, -0.15) is 22.6 Å². The number of halogens is 5. The summed E-state index contributed by atoms with van der Waals surface area (Å²) in [6, 6.07) is 12.6. The molecule has 0 amide bonds. The van der Waals surface area contributed by atoms with Crippen molar-refractivity contribution in [1.82, 2.24) is 19.1 Å². The molecule has 0 radical (unpaired) electrons. The summed E-state index contributed by atoms with van der Waals surface area (Å²) in [5.41, 5.74) is 0.690. The third kappa shape index (κ3) is 5.07. The minimum Gasteiger partial charge on any atom is -0.477 e. The van der Waals surface area contributed by atoms with Crippen LogP contribution in [0.5, 0.6) is 5.88 Å². The van der Waals surface area contributed by atoms with E-state index in [1.807, 2.05) is 6.08 Å². The number of rotatable bonds is 6. The van der Waals surface area contributed by atoms with Crippen LogP contribution >= 0.6 is 0 Å². The Balaban J connectivity index is 1.36. The third-order valence-electron chi connectivity index (χ3n) is 7.61. The molecule has 1 aliphatic heterocycles. The van der Waals surface area contributed by atoms with Crippen LogP contribution in [0.2, 0.25) is 0 Å². The Hall–Kier alpha value is -4.10. The van der Waals surface area contributed by atoms with Crippen molar-refractivity contribution in [3.05, 3.63) is 107 Å². The number of fused-ring (bicyclic) bond motifs is 2. The van der Waals surface area contributed by atoms with Gasteiger partial charge in [0.2, 0.25) is 15.9 Å². The highest BCUT2D eigenvalue weighted by Gasteiger charge is 2.47. The van der Waals surface area contributed by atoms with E-state index in [1.165, 1.54) is 12.1 Å². The molecule has 0 spiro atoms. The van der Waals surface area contributed by atoms with Crippen LogP contribution in [0.25, 0.3) is 11.8 Å². The van der Waals surface area contributed by atoms with E-state index in [9.17, 15) is 30.4 Å². The van der Waals surface area contributed by atoms with Gasteiger partial charge in [-0.05, 0) is 73.0 Å². The van der Waals surface area contributed by atoms with Crippen LogP contribution < -0.4 is 4.74 Å². The Labute approximate surface area is 237 Å². The summed E-state index contributed by atoms with van der Waals surface area (Å²) in [6.45, 7) is -0.00954. The van der Waals surface area contributed by atoms with Crippen molar-refractivity contribution in [2.24, 2.45) is 5.41 Å². The number of alkyl halides is 3. The number of aromatic nitrogens is 3. The zero-order chi connectivity index (χ0) is 29.7. The predicted molar refractivity (Wildman–Crippen MR) is 142 cm³/mol. The van der Waals surface area contributed by atoms with E-state index in [1.54, 1.807) is 47.4 Å². The number of nitrogens with zero attached hydrogens (tertiary/aromatic N) is 4. The smallest absolute Gasteiger partial charge is 0.419 e. The summed E-state index contributed by atoms with van der Waals surface area (Å²) >= 11 is 0. The number of hydrogen-bond donors (Lipinski definition) is 0. The van der Waals surface area contributed by atoms with Gasteiger partial charge in [-0.3, -0.25) is 0 Å². The van der Waals surface area contributed by atoms with Crippen LogP contribution in [0, 0.1) is 17.0 Å². The van der Waals surface area contributed by atoms with E-state index in [2.05, 4.69) is 10.1 Å².